The van der Waals surface area contributed by atoms with Gasteiger partial charge in [-0.3, -0.25) is 9.89 Å². The molecule has 4 N–H and O–H groups in total. The summed E-state index contributed by atoms with van der Waals surface area (Å²) in [6.07, 6.45) is 1.37. The minimum absolute atomic E-state index is 0.192. The summed E-state index contributed by atoms with van der Waals surface area (Å²) < 4.78 is 0. The molecule has 2 aromatic rings. The van der Waals surface area contributed by atoms with Crippen molar-refractivity contribution in [2.24, 2.45) is 0 Å². The second-order valence-corrected chi connectivity index (χ2v) is 4.76. The van der Waals surface area contributed by atoms with Crippen molar-refractivity contribution in [1.82, 2.24) is 15.5 Å². The van der Waals surface area contributed by atoms with Crippen molar-refractivity contribution in [2.45, 2.75) is 0 Å². The van der Waals surface area contributed by atoms with Crippen molar-refractivity contribution in [3.8, 4) is 0 Å². The minimum Gasteiger partial charge on any atom is -0.341 e. The highest BCUT2D eigenvalue weighted by Gasteiger charge is 2.14. The highest BCUT2D eigenvalue weighted by atomic mass is 35.5. The van der Waals surface area contributed by atoms with Crippen LogP contribution in [0.15, 0.2) is 24.4 Å². The number of benzene rings is 1. The van der Waals surface area contributed by atoms with Crippen LogP contribution in [0.4, 0.5) is 16.3 Å². The molecule has 0 aliphatic rings. The maximum absolute atomic E-state index is 12.1. The Balaban J connectivity index is 2.15. The van der Waals surface area contributed by atoms with E-state index in [1.54, 1.807) is 6.07 Å². The van der Waals surface area contributed by atoms with Crippen LogP contribution >= 0.6 is 23.2 Å². The van der Waals surface area contributed by atoms with Crippen molar-refractivity contribution < 1.29 is 9.59 Å². The summed E-state index contributed by atoms with van der Waals surface area (Å²) in [5.74, 6) is -0.164. The molecule has 0 aliphatic heterocycles. The van der Waals surface area contributed by atoms with Gasteiger partial charge in [0.1, 0.15) is 10.8 Å². The molecule has 0 unspecified atom stereocenters. The summed E-state index contributed by atoms with van der Waals surface area (Å²) >= 11 is 11.9. The van der Waals surface area contributed by atoms with E-state index in [1.807, 2.05) is 0 Å². The Labute approximate surface area is 130 Å². The average molecular weight is 328 g/mol. The van der Waals surface area contributed by atoms with Crippen molar-refractivity contribution in [2.75, 3.05) is 17.7 Å². The lowest BCUT2D eigenvalue weighted by atomic mass is 10.2. The van der Waals surface area contributed by atoms with E-state index in [4.69, 9.17) is 23.2 Å². The van der Waals surface area contributed by atoms with Gasteiger partial charge >= 0.3 is 6.03 Å². The van der Waals surface area contributed by atoms with E-state index in [1.165, 1.54) is 25.4 Å². The van der Waals surface area contributed by atoms with Crippen LogP contribution in [0.2, 0.25) is 10.0 Å². The Kier molecular flexibility index (Phi) is 4.66. The molecule has 3 amide bonds. The molecule has 0 fully saturated rings. The smallest absolute Gasteiger partial charge is 0.318 e. The number of rotatable bonds is 3. The third-order valence-electron chi connectivity index (χ3n) is 2.53. The summed E-state index contributed by atoms with van der Waals surface area (Å²) in [5.41, 5.74) is 0.709. The fourth-order valence-corrected chi connectivity index (χ4v) is 1.92. The third-order valence-corrected chi connectivity index (χ3v) is 3.13. The summed E-state index contributed by atoms with van der Waals surface area (Å²) in [7, 11) is 1.49. The summed E-state index contributed by atoms with van der Waals surface area (Å²) in [6.45, 7) is 0. The van der Waals surface area contributed by atoms with Gasteiger partial charge in [0.05, 0.1) is 16.8 Å². The van der Waals surface area contributed by atoms with E-state index in [9.17, 15) is 9.59 Å². The van der Waals surface area contributed by atoms with Gasteiger partial charge in [-0.2, -0.15) is 5.10 Å². The highest BCUT2D eigenvalue weighted by Crippen LogP contribution is 2.23. The van der Waals surface area contributed by atoms with Crippen LogP contribution < -0.4 is 16.0 Å². The molecule has 1 heterocycles. The van der Waals surface area contributed by atoms with E-state index in [2.05, 4.69) is 26.1 Å². The van der Waals surface area contributed by atoms with Crippen molar-refractivity contribution in [3.63, 3.8) is 0 Å². The monoisotopic (exact) mass is 327 g/mol. The zero-order valence-electron chi connectivity index (χ0n) is 10.8. The van der Waals surface area contributed by atoms with Crippen LogP contribution in [-0.4, -0.2) is 29.2 Å². The minimum atomic E-state index is -0.447. The number of hydrogen-bond donors (Lipinski definition) is 4. The maximum Gasteiger partial charge on any atom is 0.318 e. The zero-order valence-corrected chi connectivity index (χ0v) is 12.3. The van der Waals surface area contributed by atoms with Crippen LogP contribution in [0, 0.1) is 0 Å². The molecule has 2 rings (SSSR count). The van der Waals surface area contributed by atoms with Gasteiger partial charge < -0.3 is 16.0 Å². The lowest BCUT2D eigenvalue weighted by molar-refractivity contribution is 0.102. The maximum atomic E-state index is 12.1. The number of carbonyl (C=O) groups is 2. The molecule has 0 bridgehead atoms. The molecule has 110 valence electrons. The Morgan fingerprint density at radius 2 is 1.95 bits per heavy atom. The first-order chi connectivity index (χ1) is 10.0. The molecule has 0 saturated carbocycles. The van der Waals surface area contributed by atoms with Gasteiger partial charge in [-0.25, -0.2) is 4.79 Å². The molecule has 0 saturated heterocycles. The first-order valence-corrected chi connectivity index (χ1v) is 6.55. The molecule has 9 heteroatoms. The van der Waals surface area contributed by atoms with E-state index >= 15 is 0 Å². The topological polar surface area (TPSA) is 98.9 Å². The van der Waals surface area contributed by atoms with Gasteiger partial charge in [-0.1, -0.05) is 23.2 Å². The standard InChI is InChI=1S/C12H11Cl2N5O2/c1-15-12(21)17-6-2-3-7(8(13)4-6)11(20)18-10-9(14)5-16-19-10/h2-5H,1H3,(H2,15,17,21)(H2,16,18,19,20). The number of carbonyl (C=O) groups excluding carboxylic acids is 2. The van der Waals surface area contributed by atoms with E-state index < -0.39 is 5.91 Å². The summed E-state index contributed by atoms with van der Waals surface area (Å²) in [6, 6.07) is 4.14. The molecule has 7 nitrogen and oxygen atoms in total. The number of nitrogens with zero attached hydrogens (tertiary/aromatic N) is 1. The van der Waals surface area contributed by atoms with Gasteiger partial charge in [0.25, 0.3) is 5.91 Å². The van der Waals surface area contributed by atoms with E-state index in [0.29, 0.717) is 5.69 Å². The largest absolute Gasteiger partial charge is 0.341 e. The molecular weight excluding hydrogens is 317 g/mol. The van der Waals surface area contributed by atoms with Gasteiger partial charge in [0, 0.05) is 12.7 Å². The molecular formula is C12H11Cl2N5O2. The molecule has 0 radical (unpaired) electrons. The third kappa shape index (κ3) is 3.65. The Hall–Kier alpha value is -2.25. The number of amides is 3. The molecule has 0 atom stereocenters. The number of H-pyrrole nitrogens is 1. The lowest BCUT2D eigenvalue weighted by Gasteiger charge is -2.08. The number of anilines is 2. The number of halogens is 2. The van der Waals surface area contributed by atoms with Crippen LogP contribution in [0.5, 0.6) is 0 Å². The predicted octanol–water partition coefficient (Wildman–Crippen LogP) is 2.72. The van der Waals surface area contributed by atoms with Gasteiger partial charge in [0.15, 0.2) is 0 Å². The number of nitrogens with one attached hydrogen (secondary N) is 4. The normalized spacial score (nSPS) is 10.0. The number of urea groups is 1. The molecule has 0 spiro atoms. The van der Waals surface area contributed by atoms with Gasteiger partial charge in [-0.15, -0.1) is 0 Å². The van der Waals surface area contributed by atoms with Crippen LogP contribution in [0.25, 0.3) is 0 Å². The van der Waals surface area contributed by atoms with Crippen molar-refractivity contribution >= 4 is 46.6 Å². The van der Waals surface area contributed by atoms with Gasteiger partial charge in [-0.05, 0) is 18.2 Å². The van der Waals surface area contributed by atoms with Gasteiger partial charge in [0.2, 0.25) is 0 Å². The molecule has 21 heavy (non-hydrogen) atoms. The second kappa shape index (κ2) is 6.47. The molecule has 1 aromatic heterocycles. The number of hydrogen-bond acceptors (Lipinski definition) is 3. The quantitative estimate of drug-likeness (QED) is 0.697. The number of aromatic nitrogens is 2. The van der Waals surface area contributed by atoms with E-state index in [0.717, 1.165) is 0 Å². The van der Waals surface area contributed by atoms with Crippen molar-refractivity contribution in [3.05, 3.63) is 40.0 Å². The Morgan fingerprint density at radius 1 is 1.19 bits per heavy atom. The van der Waals surface area contributed by atoms with Crippen molar-refractivity contribution in [1.29, 1.82) is 0 Å². The second-order valence-electron chi connectivity index (χ2n) is 3.95. The van der Waals surface area contributed by atoms with Crippen LogP contribution in [-0.2, 0) is 0 Å². The number of aromatic amines is 1. The predicted molar refractivity (Wildman–Crippen MR) is 81.1 cm³/mol. The summed E-state index contributed by atoms with van der Waals surface area (Å²) in [5, 5.41) is 14.2. The SMILES string of the molecule is CNC(=O)Nc1ccc(C(=O)Nc2[nH]ncc2Cl)c(Cl)c1. The average Bonchev–Trinajstić information content (AvgIpc) is 2.84. The zero-order chi connectivity index (χ0) is 15.4. The van der Waals surface area contributed by atoms with Crippen LogP contribution in [0.1, 0.15) is 10.4 Å². The summed E-state index contributed by atoms with van der Waals surface area (Å²) in [4.78, 5) is 23.3. The molecule has 1 aromatic carbocycles. The van der Waals surface area contributed by atoms with E-state index in [-0.39, 0.29) is 27.5 Å². The lowest BCUT2D eigenvalue weighted by Crippen LogP contribution is -2.24. The highest BCUT2D eigenvalue weighted by molar-refractivity contribution is 6.36. The first-order valence-electron chi connectivity index (χ1n) is 5.79. The van der Waals surface area contributed by atoms with Crippen LogP contribution in [0.3, 0.4) is 0 Å². The Bertz CT molecular complexity index is 686. The first kappa shape index (κ1) is 15.1. The fraction of sp³-hybridized carbons (Fsp3) is 0.0833. The molecule has 0 aliphatic carbocycles. The Morgan fingerprint density at radius 3 is 2.52 bits per heavy atom. The fourth-order valence-electron chi connectivity index (χ4n) is 1.51.